The van der Waals surface area contributed by atoms with Crippen LogP contribution < -0.4 is 0 Å². The summed E-state index contributed by atoms with van der Waals surface area (Å²) in [6, 6.07) is 5.23. The molecule has 0 spiro atoms. The second kappa shape index (κ2) is 6.89. The highest BCUT2D eigenvalue weighted by Crippen LogP contribution is 2.24. The molecular formula is C12H14Cl2O2. The van der Waals surface area contributed by atoms with Gasteiger partial charge in [-0.3, -0.25) is 4.79 Å². The Morgan fingerprint density at radius 3 is 2.50 bits per heavy atom. The van der Waals surface area contributed by atoms with E-state index in [0.717, 1.165) is 0 Å². The van der Waals surface area contributed by atoms with Crippen LogP contribution in [-0.4, -0.2) is 19.0 Å². The molecule has 2 nitrogen and oxygen atoms in total. The molecule has 1 rings (SSSR count). The lowest BCUT2D eigenvalue weighted by atomic mass is 10.1. The normalized spacial score (nSPS) is 10.4. The highest BCUT2D eigenvalue weighted by Gasteiger charge is 2.10. The van der Waals surface area contributed by atoms with Gasteiger partial charge < -0.3 is 4.74 Å². The van der Waals surface area contributed by atoms with Crippen molar-refractivity contribution in [2.75, 3.05) is 13.2 Å². The molecule has 0 saturated carbocycles. The quantitative estimate of drug-likeness (QED) is 0.732. The third kappa shape index (κ3) is 4.12. The molecule has 0 saturated heterocycles. The van der Waals surface area contributed by atoms with Crippen LogP contribution >= 0.6 is 23.2 Å². The number of rotatable bonds is 6. The Hall–Kier alpha value is -0.570. The van der Waals surface area contributed by atoms with Crippen molar-refractivity contribution in [3.05, 3.63) is 33.8 Å². The van der Waals surface area contributed by atoms with E-state index >= 15 is 0 Å². The SMILES string of the molecule is CCOCCC(=O)Cc1c(Cl)cccc1Cl. The van der Waals surface area contributed by atoms with Crippen LogP contribution in [0.1, 0.15) is 18.9 Å². The molecule has 0 aliphatic heterocycles. The molecule has 1 aromatic carbocycles. The fourth-order valence-electron chi connectivity index (χ4n) is 1.32. The molecule has 4 heteroatoms. The Kier molecular flexibility index (Phi) is 5.81. The van der Waals surface area contributed by atoms with Crippen LogP contribution in [0.5, 0.6) is 0 Å². The van der Waals surface area contributed by atoms with Crippen LogP contribution in [0, 0.1) is 0 Å². The highest BCUT2D eigenvalue weighted by molar-refractivity contribution is 6.36. The van der Waals surface area contributed by atoms with E-state index in [1.807, 2.05) is 6.92 Å². The van der Waals surface area contributed by atoms with Crippen molar-refractivity contribution >= 4 is 29.0 Å². The van der Waals surface area contributed by atoms with E-state index < -0.39 is 0 Å². The zero-order valence-corrected chi connectivity index (χ0v) is 10.6. The first-order chi connectivity index (χ1) is 7.65. The smallest absolute Gasteiger partial charge is 0.139 e. The van der Waals surface area contributed by atoms with Gasteiger partial charge in [-0.1, -0.05) is 29.3 Å². The maximum atomic E-state index is 11.6. The second-order valence-electron chi connectivity index (χ2n) is 3.36. The fraction of sp³-hybridized carbons (Fsp3) is 0.417. The molecule has 0 fully saturated rings. The number of benzene rings is 1. The molecule has 0 N–H and O–H groups in total. The Bertz CT molecular complexity index is 344. The van der Waals surface area contributed by atoms with E-state index in [4.69, 9.17) is 27.9 Å². The van der Waals surface area contributed by atoms with Crippen LogP contribution in [0.2, 0.25) is 10.0 Å². The summed E-state index contributed by atoms with van der Waals surface area (Å²) in [5.41, 5.74) is 0.701. The summed E-state index contributed by atoms with van der Waals surface area (Å²) in [4.78, 5) is 11.6. The summed E-state index contributed by atoms with van der Waals surface area (Å²) in [6.07, 6.45) is 0.668. The van der Waals surface area contributed by atoms with Gasteiger partial charge in [0.1, 0.15) is 5.78 Å². The van der Waals surface area contributed by atoms with E-state index in [-0.39, 0.29) is 12.2 Å². The molecule has 0 aliphatic rings. The topological polar surface area (TPSA) is 26.3 Å². The second-order valence-corrected chi connectivity index (χ2v) is 4.18. The summed E-state index contributed by atoms with van der Waals surface area (Å²) in [6.45, 7) is 2.98. The predicted molar refractivity (Wildman–Crippen MR) is 66.3 cm³/mol. The van der Waals surface area contributed by atoms with Gasteiger partial charge in [0.05, 0.1) is 6.61 Å². The lowest BCUT2D eigenvalue weighted by Gasteiger charge is -2.06. The average molecular weight is 261 g/mol. The van der Waals surface area contributed by atoms with Crippen molar-refractivity contribution in [3.8, 4) is 0 Å². The minimum atomic E-state index is 0.0865. The minimum absolute atomic E-state index is 0.0865. The monoisotopic (exact) mass is 260 g/mol. The van der Waals surface area contributed by atoms with Gasteiger partial charge in [-0.25, -0.2) is 0 Å². The standard InChI is InChI=1S/C12H14Cl2O2/c1-2-16-7-6-9(15)8-10-11(13)4-3-5-12(10)14/h3-5H,2,6-8H2,1H3. The van der Waals surface area contributed by atoms with Gasteiger partial charge in [-0.2, -0.15) is 0 Å². The number of hydrogen-bond donors (Lipinski definition) is 0. The van der Waals surface area contributed by atoms with Crippen molar-refractivity contribution in [2.45, 2.75) is 19.8 Å². The zero-order chi connectivity index (χ0) is 12.0. The molecule has 0 radical (unpaired) electrons. The van der Waals surface area contributed by atoms with Crippen molar-refractivity contribution in [3.63, 3.8) is 0 Å². The van der Waals surface area contributed by atoms with Gasteiger partial charge in [0.2, 0.25) is 0 Å². The number of ketones is 1. The Morgan fingerprint density at radius 2 is 1.94 bits per heavy atom. The first kappa shape index (κ1) is 13.5. The third-order valence-electron chi connectivity index (χ3n) is 2.16. The third-order valence-corrected chi connectivity index (χ3v) is 2.87. The lowest BCUT2D eigenvalue weighted by molar-refractivity contribution is -0.119. The predicted octanol–water partition coefficient (Wildman–Crippen LogP) is 3.53. The molecule has 0 unspecified atom stereocenters. The van der Waals surface area contributed by atoms with Gasteiger partial charge in [0.25, 0.3) is 0 Å². The van der Waals surface area contributed by atoms with Crippen molar-refractivity contribution in [1.29, 1.82) is 0 Å². The molecule has 0 atom stereocenters. The molecule has 0 aliphatic carbocycles. The number of carbonyl (C=O) groups is 1. The number of carbonyl (C=O) groups excluding carboxylic acids is 1. The van der Waals surface area contributed by atoms with Gasteiger partial charge in [-0.15, -0.1) is 0 Å². The fourth-order valence-corrected chi connectivity index (χ4v) is 1.85. The minimum Gasteiger partial charge on any atom is -0.381 e. The van der Waals surface area contributed by atoms with Gasteiger partial charge in [0, 0.05) is 29.5 Å². The zero-order valence-electron chi connectivity index (χ0n) is 9.13. The number of Topliss-reactive ketones (excluding diaryl/α,β-unsaturated/α-hetero) is 1. The van der Waals surface area contributed by atoms with Crippen molar-refractivity contribution in [1.82, 2.24) is 0 Å². The molecular weight excluding hydrogens is 247 g/mol. The summed E-state index contributed by atoms with van der Waals surface area (Å²) < 4.78 is 5.12. The molecule has 0 bridgehead atoms. The van der Waals surface area contributed by atoms with Crippen LogP contribution in [0.15, 0.2) is 18.2 Å². The number of ether oxygens (including phenoxy) is 1. The Balaban J connectivity index is 2.56. The summed E-state index contributed by atoms with van der Waals surface area (Å²) in [5.74, 6) is 0.0865. The van der Waals surface area contributed by atoms with Crippen LogP contribution in [0.4, 0.5) is 0 Å². The molecule has 88 valence electrons. The van der Waals surface area contributed by atoms with Gasteiger partial charge >= 0.3 is 0 Å². The molecule has 0 heterocycles. The molecule has 16 heavy (non-hydrogen) atoms. The highest BCUT2D eigenvalue weighted by atomic mass is 35.5. The average Bonchev–Trinajstić information content (AvgIpc) is 2.24. The maximum absolute atomic E-state index is 11.6. The van der Waals surface area contributed by atoms with Gasteiger partial charge in [0.15, 0.2) is 0 Å². The van der Waals surface area contributed by atoms with Crippen molar-refractivity contribution < 1.29 is 9.53 Å². The maximum Gasteiger partial charge on any atom is 0.139 e. The van der Waals surface area contributed by atoms with Crippen LogP contribution in [0.3, 0.4) is 0 Å². The molecule has 0 amide bonds. The van der Waals surface area contributed by atoms with Crippen LogP contribution in [-0.2, 0) is 16.0 Å². The first-order valence-corrected chi connectivity index (χ1v) is 5.93. The van der Waals surface area contributed by atoms with E-state index in [2.05, 4.69) is 0 Å². The Morgan fingerprint density at radius 1 is 1.31 bits per heavy atom. The van der Waals surface area contributed by atoms with Crippen molar-refractivity contribution in [2.24, 2.45) is 0 Å². The van der Waals surface area contributed by atoms with Gasteiger partial charge in [-0.05, 0) is 24.6 Å². The molecule has 1 aromatic rings. The van der Waals surface area contributed by atoms with Crippen LogP contribution in [0.25, 0.3) is 0 Å². The van der Waals surface area contributed by atoms with E-state index in [0.29, 0.717) is 35.2 Å². The molecule has 0 aromatic heterocycles. The van der Waals surface area contributed by atoms with E-state index in [1.54, 1.807) is 18.2 Å². The number of hydrogen-bond acceptors (Lipinski definition) is 2. The van der Waals surface area contributed by atoms with E-state index in [9.17, 15) is 4.79 Å². The first-order valence-electron chi connectivity index (χ1n) is 5.17. The number of halogens is 2. The Labute approximate surface area is 106 Å². The summed E-state index contributed by atoms with van der Waals surface area (Å²) in [7, 11) is 0. The summed E-state index contributed by atoms with van der Waals surface area (Å²) >= 11 is 11.9. The lowest BCUT2D eigenvalue weighted by Crippen LogP contribution is -2.07. The van der Waals surface area contributed by atoms with E-state index in [1.165, 1.54) is 0 Å². The summed E-state index contributed by atoms with van der Waals surface area (Å²) in [5, 5.41) is 1.08. The largest absolute Gasteiger partial charge is 0.381 e.